The van der Waals surface area contributed by atoms with Crippen LogP contribution in [-0.4, -0.2) is 57.0 Å². The molecule has 3 aromatic heterocycles. The van der Waals surface area contributed by atoms with Crippen molar-refractivity contribution in [3.8, 4) is 11.5 Å². The fraction of sp³-hybridized carbons (Fsp3) is 0.263. The van der Waals surface area contributed by atoms with Crippen molar-refractivity contribution in [2.45, 2.75) is 6.92 Å². The van der Waals surface area contributed by atoms with Crippen molar-refractivity contribution in [2.75, 3.05) is 36.4 Å². The Labute approximate surface area is 162 Å². The van der Waals surface area contributed by atoms with Crippen molar-refractivity contribution in [2.24, 2.45) is 0 Å². The van der Waals surface area contributed by atoms with Gasteiger partial charge in [-0.1, -0.05) is 6.07 Å². The minimum absolute atomic E-state index is 0.185. The summed E-state index contributed by atoms with van der Waals surface area (Å²) in [4.78, 5) is 36.2. The molecule has 9 nitrogen and oxygen atoms in total. The number of rotatable bonds is 4. The molecule has 3 aromatic rings. The maximum absolute atomic E-state index is 12.6. The van der Waals surface area contributed by atoms with Gasteiger partial charge in [0.2, 0.25) is 5.95 Å². The molecule has 1 aliphatic rings. The number of nitrogens with one attached hydrogen (secondary N) is 2. The molecule has 0 saturated carbocycles. The van der Waals surface area contributed by atoms with Crippen LogP contribution < -0.4 is 15.5 Å². The molecule has 1 saturated heterocycles. The number of amides is 1. The van der Waals surface area contributed by atoms with Crippen molar-refractivity contribution in [3.05, 3.63) is 54.1 Å². The number of pyridine rings is 2. The van der Waals surface area contributed by atoms with E-state index in [2.05, 4.69) is 40.5 Å². The Kier molecular flexibility index (Phi) is 5.16. The lowest BCUT2D eigenvalue weighted by Gasteiger charge is -2.28. The summed E-state index contributed by atoms with van der Waals surface area (Å²) in [7, 11) is 0. The van der Waals surface area contributed by atoms with Gasteiger partial charge in [-0.25, -0.2) is 9.97 Å². The van der Waals surface area contributed by atoms with Crippen molar-refractivity contribution < 1.29 is 4.79 Å². The summed E-state index contributed by atoms with van der Waals surface area (Å²) in [6, 6.07) is 9.09. The summed E-state index contributed by atoms with van der Waals surface area (Å²) in [5.74, 6) is 1.64. The Morgan fingerprint density at radius 3 is 2.64 bits per heavy atom. The van der Waals surface area contributed by atoms with E-state index in [4.69, 9.17) is 0 Å². The third kappa shape index (κ3) is 4.09. The van der Waals surface area contributed by atoms with Gasteiger partial charge in [-0.05, 0) is 31.2 Å². The molecule has 0 radical (unpaired) electrons. The maximum atomic E-state index is 12.6. The molecule has 1 fully saturated rings. The van der Waals surface area contributed by atoms with Gasteiger partial charge in [-0.3, -0.25) is 15.1 Å². The second kappa shape index (κ2) is 8.05. The van der Waals surface area contributed by atoms with E-state index in [1.54, 1.807) is 31.5 Å². The Morgan fingerprint density at radius 1 is 1.07 bits per heavy atom. The van der Waals surface area contributed by atoms with Crippen LogP contribution in [-0.2, 0) is 0 Å². The van der Waals surface area contributed by atoms with Crippen molar-refractivity contribution in [3.63, 3.8) is 0 Å². The molecule has 1 amide bonds. The minimum Gasteiger partial charge on any atom is -0.354 e. The van der Waals surface area contributed by atoms with E-state index in [9.17, 15) is 4.79 Å². The summed E-state index contributed by atoms with van der Waals surface area (Å²) < 4.78 is 0. The first-order chi connectivity index (χ1) is 13.7. The van der Waals surface area contributed by atoms with Gasteiger partial charge in [-0.2, -0.15) is 9.97 Å². The van der Waals surface area contributed by atoms with Crippen LogP contribution in [0.2, 0.25) is 0 Å². The van der Waals surface area contributed by atoms with Gasteiger partial charge in [0.15, 0.2) is 5.82 Å². The maximum Gasteiger partial charge on any atom is 0.259 e. The average molecular weight is 376 g/mol. The number of hydrogen-bond acceptors (Lipinski definition) is 8. The molecule has 0 aliphatic carbocycles. The molecule has 28 heavy (non-hydrogen) atoms. The van der Waals surface area contributed by atoms with Gasteiger partial charge in [0.1, 0.15) is 17.3 Å². The highest BCUT2D eigenvalue weighted by molar-refractivity contribution is 6.03. The predicted molar refractivity (Wildman–Crippen MR) is 105 cm³/mol. The molecule has 4 rings (SSSR count). The number of hydrogen-bond donors (Lipinski definition) is 2. The molecule has 0 unspecified atom stereocenters. The van der Waals surface area contributed by atoms with E-state index < -0.39 is 0 Å². The SMILES string of the molecule is Cc1nc(NC(=O)c2ccc(N3CCNCC3)nc2)nc(-c2ccccn2)n1. The Morgan fingerprint density at radius 2 is 1.93 bits per heavy atom. The van der Waals surface area contributed by atoms with Gasteiger partial charge in [-0.15, -0.1) is 0 Å². The molecule has 0 spiro atoms. The largest absolute Gasteiger partial charge is 0.354 e. The summed E-state index contributed by atoms with van der Waals surface area (Å²) in [5, 5.41) is 6.02. The lowest BCUT2D eigenvalue weighted by atomic mass is 10.2. The van der Waals surface area contributed by atoms with Gasteiger partial charge < -0.3 is 10.2 Å². The van der Waals surface area contributed by atoms with Crippen LogP contribution in [0.4, 0.5) is 11.8 Å². The van der Waals surface area contributed by atoms with Gasteiger partial charge in [0.25, 0.3) is 5.91 Å². The third-order valence-electron chi connectivity index (χ3n) is 4.32. The van der Waals surface area contributed by atoms with Crippen LogP contribution in [0.1, 0.15) is 16.2 Å². The molecule has 1 aliphatic heterocycles. The monoisotopic (exact) mass is 376 g/mol. The van der Waals surface area contributed by atoms with E-state index in [1.807, 2.05) is 18.2 Å². The Bertz CT molecular complexity index is 955. The van der Waals surface area contributed by atoms with Crippen LogP contribution in [0.5, 0.6) is 0 Å². The highest BCUT2D eigenvalue weighted by atomic mass is 16.1. The molecule has 0 bridgehead atoms. The molecule has 0 atom stereocenters. The number of carbonyl (C=O) groups is 1. The smallest absolute Gasteiger partial charge is 0.259 e. The van der Waals surface area contributed by atoms with Crippen molar-refractivity contribution >= 4 is 17.7 Å². The highest BCUT2D eigenvalue weighted by Gasteiger charge is 2.14. The van der Waals surface area contributed by atoms with Crippen molar-refractivity contribution in [1.29, 1.82) is 0 Å². The summed E-state index contributed by atoms with van der Waals surface area (Å²) in [6.07, 6.45) is 3.23. The zero-order chi connectivity index (χ0) is 19.3. The van der Waals surface area contributed by atoms with Crippen LogP contribution in [0, 0.1) is 6.92 Å². The first kappa shape index (κ1) is 17.9. The fourth-order valence-electron chi connectivity index (χ4n) is 2.92. The van der Waals surface area contributed by atoms with Gasteiger partial charge >= 0.3 is 0 Å². The van der Waals surface area contributed by atoms with Crippen molar-refractivity contribution in [1.82, 2.24) is 30.2 Å². The topological polar surface area (TPSA) is 109 Å². The molecule has 0 aromatic carbocycles. The van der Waals surface area contributed by atoms with Crippen LogP contribution in [0.15, 0.2) is 42.7 Å². The molecule has 2 N–H and O–H groups in total. The average Bonchev–Trinajstić information content (AvgIpc) is 2.75. The second-order valence-electron chi connectivity index (χ2n) is 6.34. The zero-order valence-electron chi connectivity index (χ0n) is 15.5. The van der Waals surface area contributed by atoms with Gasteiger partial charge in [0, 0.05) is 38.6 Å². The second-order valence-corrected chi connectivity index (χ2v) is 6.34. The fourth-order valence-corrected chi connectivity index (χ4v) is 2.92. The summed E-state index contributed by atoms with van der Waals surface area (Å²) in [5.41, 5.74) is 1.06. The highest BCUT2D eigenvalue weighted by Crippen LogP contribution is 2.15. The summed E-state index contributed by atoms with van der Waals surface area (Å²) >= 11 is 0. The van der Waals surface area contributed by atoms with Crippen LogP contribution in [0.25, 0.3) is 11.5 Å². The summed E-state index contributed by atoms with van der Waals surface area (Å²) in [6.45, 7) is 5.41. The molecular formula is C19H20N8O. The number of carbonyl (C=O) groups excluding carboxylic acids is 1. The van der Waals surface area contributed by atoms with E-state index in [0.717, 1.165) is 32.0 Å². The van der Waals surface area contributed by atoms with Crippen LogP contribution in [0.3, 0.4) is 0 Å². The van der Waals surface area contributed by atoms with E-state index in [1.165, 1.54) is 0 Å². The number of nitrogens with zero attached hydrogens (tertiary/aromatic N) is 6. The molecular weight excluding hydrogens is 356 g/mol. The Hall–Kier alpha value is -3.46. The normalized spacial score (nSPS) is 14.0. The Balaban J connectivity index is 1.49. The first-order valence-corrected chi connectivity index (χ1v) is 9.06. The van der Waals surface area contributed by atoms with E-state index in [-0.39, 0.29) is 11.9 Å². The molecule has 142 valence electrons. The van der Waals surface area contributed by atoms with Gasteiger partial charge in [0.05, 0.1) is 5.56 Å². The lowest BCUT2D eigenvalue weighted by molar-refractivity contribution is 0.102. The lowest BCUT2D eigenvalue weighted by Crippen LogP contribution is -2.43. The molecule has 9 heteroatoms. The number of piperazine rings is 1. The third-order valence-corrected chi connectivity index (χ3v) is 4.32. The number of anilines is 2. The quantitative estimate of drug-likeness (QED) is 0.701. The van der Waals surface area contributed by atoms with E-state index >= 15 is 0 Å². The van der Waals surface area contributed by atoms with Crippen LogP contribution >= 0.6 is 0 Å². The number of aromatic nitrogens is 5. The zero-order valence-corrected chi connectivity index (χ0v) is 15.5. The number of aryl methyl sites for hydroxylation is 1. The molecule has 4 heterocycles. The standard InChI is InChI=1S/C19H20N8O/c1-13-23-17(15-4-2-3-7-21-15)25-19(24-13)26-18(28)14-5-6-16(22-12-14)27-10-8-20-9-11-27/h2-7,12,20H,8-11H2,1H3,(H,23,24,25,26,28). The predicted octanol–water partition coefficient (Wildman–Crippen LogP) is 1.30. The minimum atomic E-state index is -0.322. The first-order valence-electron chi connectivity index (χ1n) is 9.06. The van der Waals surface area contributed by atoms with E-state index in [0.29, 0.717) is 22.9 Å².